The zero-order valence-electron chi connectivity index (χ0n) is 19.8. The maximum absolute atomic E-state index is 13.9. The van der Waals surface area contributed by atoms with Crippen LogP contribution in [0.4, 0.5) is 4.39 Å². The molecule has 2 saturated heterocycles. The number of halogens is 2. The van der Waals surface area contributed by atoms with E-state index < -0.39 is 29.7 Å². The number of aliphatic carboxylic acids is 1. The summed E-state index contributed by atoms with van der Waals surface area (Å²) in [5.41, 5.74) is 1.11. The highest BCUT2D eigenvalue weighted by Crippen LogP contribution is 2.59. The van der Waals surface area contributed by atoms with E-state index in [1.54, 1.807) is 6.20 Å². The van der Waals surface area contributed by atoms with Gasteiger partial charge in [-0.2, -0.15) is 0 Å². The van der Waals surface area contributed by atoms with Gasteiger partial charge in [0.1, 0.15) is 11.9 Å². The number of hydrogen-bond acceptors (Lipinski definition) is 9. The molecule has 12 heteroatoms. The molecule has 1 spiro atoms. The quantitative estimate of drug-likeness (QED) is 0.532. The number of carbonyl (C=O) groups is 2. The van der Waals surface area contributed by atoms with Crippen molar-refractivity contribution in [3.8, 4) is 0 Å². The van der Waals surface area contributed by atoms with Gasteiger partial charge in [-0.25, -0.2) is 14.2 Å². The van der Waals surface area contributed by atoms with Gasteiger partial charge < -0.3 is 19.9 Å². The van der Waals surface area contributed by atoms with E-state index in [0.29, 0.717) is 54.7 Å². The van der Waals surface area contributed by atoms with E-state index in [9.17, 15) is 19.1 Å². The van der Waals surface area contributed by atoms with Gasteiger partial charge in [0, 0.05) is 51.9 Å². The average Bonchev–Trinajstić information content (AvgIpc) is 3.61. The third kappa shape index (κ3) is 3.87. The van der Waals surface area contributed by atoms with E-state index in [1.807, 2.05) is 5.38 Å². The number of hydrogen-bond donors (Lipinski definition) is 2. The van der Waals surface area contributed by atoms with Gasteiger partial charge in [-0.05, 0) is 25.0 Å². The number of nitrogens with one attached hydrogen (secondary N) is 1. The molecule has 1 aliphatic carbocycles. The van der Waals surface area contributed by atoms with Crippen molar-refractivity contribution in [3.63, 3.8) is 0 Å². The molecule has 5 atom stereocenters. The van der Waals surface area contributed by atoms with E-state index >= 15 is 0 Å². The molecule has 0 radical (unpaired) electrons. The first kappa shape index (κ1) is 24.5. The summed E-state index contributed by atoms with van der Waals surface area (Å²) in [5.74, 6) is -1.83. The lowest BCUT2D eigenvalue weighted by Gasteiger charge is -2.57. The summed E-state index contributed by atoms with van der Waals surface area (Å²) >= 11 is 7.82. The SMILES string of the molecule is COC(=O)C1=C(CN2C3COCC34CC(C(=O)O)CC24)NC(c2nccs2)=N[C@H]1c1ccc(F)cc1Cl. The number of carbonyl (C=O) groups excluding carboxylic acids is 1. The summed E-state index contributed by atoms with van der Waals surface area (Å²) in [6.07, 6.45) is 2.77. The summed E-state index contributed by atoms with van der Waals surface area (Å²) in [4.78, 5) is 36.3. The molecular formula is C25H24ClFN4O5S. The Morgan fingerprint density at radius 2 is 2.24 bits per heavy atom. The predicted molar refractivity (Wildman–Crippen MR) is 133 cm³/mol. The lowest BCUT2D eigenvalue weighted by molar-refractivity contribution is -0.141. The van der Waals surface area contributed by atoms with Gasteiger partial charge in [-0.15, -0.1) is 11.3 Å². The summed E-state index contributed by atoms with van der Waals surface area (Å²) in [5, 5.41) is 15.6. The van der Waals surface area contributed by atoms with Gasteiger partial charge in [0.05, 0.1) is 31.8 Å². The molecule has 1 aromatic carbocycles. The van der Waals surface area contributed by atoms with Crippen molar-refractivity contribution in [2.45, 2.75) is 31.0 Å². The van der Waals surface area contributed by atoms with Crippen LogP contribution in [0.3, 0.4) is 0 Å². The van der Waals surface area contributed by atoms with Crippen molar-refractivity contribution in [1.82, 2.24) is 15.2 Å². The molecule has 2 N–H and O–H groups in total. The number of nitrogens with zero attached hydrogens (tertiary/aromatic N) is 3. The van der Waals surface area contributed by atoms with Gasteiger partial charge in [-0.3, -0.25) is 14.7 Å². The van der Waals surface area contributed by atoms with Crippen molar-refractivity contribution in [1.29, 1.82) is 0 Å². The van der Waals surface area contributed by atoms with Crippen LogP contribution in [-0.2, 0) is 19.1 Å². The van der Waals surface area contributed by atoms with Crippen LogP contribution < -0.4 is 5.32 Å². The highest BCUT2D eigenvalue weighted by atomic mass is 35.5. The van der Waals surface area contributed by atoms with Crippen molar-refractivity contribution in [2.24, 2.45) is 16.3 Å². The lowest BCUT2D eigenvalue weighted by atomic mass is 9.68. The number of aliphatic imine (C=N–C) groups is 1. The number of amidine groups is 1. The minimum atomic E-state index is -0.850. The molecule has 0 amide bonds. The molecule has 4 heterocycles. The third-order valence-corrected chi connectivity index (χ3v) is 9.13. The molecule has 2 aromatic rings. The van der Waals surface area contributed by atoms with Crippen LogP contribution in [0.5, 0.6) is 0 Å². The molecule has 0 bridgehead atoms. The number of methoxy groups -OCH3 is 1. The molecule has 3 aliphatic heterocycles. The van der Waals surface area contributed by atoms with Crippen molar-refractivity contribution in [2.75, 3.05) is 26.9 Å². The van der Waals surface area contributed by atoms with Crippen LogP contribution in [0, 0.1) is 17.2 Å². The van der Waals surface area contributed by atoms with Crippen LogP contribution in [0.2, 0.25) is 5.02 Å². The summed E-state index contributed by atoms with van der Waals surface area (Å²) in [6.45, 7) is 1.37. The molecule has 1 aromatic heterocycles. The maximum Gasteiger partial charge on any atom is 0.338 e. The average molecular weight is 547 g/mol. The van der Waals surface area contributed by atoms with Gasteiger partial charge in [0.15, 0.2) is 10.8 Å². The van der Waals surface area contributed by atoms with Crippen LogP contribution in [0.15, 0.2) is 46.0 Å². The Morgan fingerprint density at radius 1 is 1.41 bits per heavy atom. The van der Waals surface area contributed by atoms with Crippen molar-refractivity contribution in [3.05, 3.63) is 62.5 Å². The molecule has 37 heavy (non-hydrogen) atoms. The van der Waals surface area contributed by atoms with E-state index in [0.717, 1.165) is 0 Å². The summed E-state index contributed by atoms with van der Waals surface area (Å²) in [7, 11) is 1.30. The van der Waals surface area contributed by atoms with Crippen LogP contribution in [0.25, 0.3) is 0 Å². The second-order valence-electron chi connectivity index (χ2n) is 9.82. The van der Waals surface area contributed by atoms with Gasteiger partial charge in [0.25, 0.3) is 0 Å². The first-order valence-corrected chi connectivity index (χ1v) is 13.2. The standard InChI is InChI=1S/C25H24ClFN4O5S/c1-35-24(34)19-16(9-31-17-6-12(23(32)33)8-25(17)11-36-10-18(25)31)29-21(22-28-4-5-37-22)30-20(19)14-3-2-13(27)7-15(14)26/h2-5,7,12,17-18,20H,6,8-11H2,1H3,(H,29,30)(H,32,33)/t12?,17?,18?,20-,25?/m0/s1. The molecule has 4 aliphatic rings. The molecule has 4 unspecified atom stereocenters. The number of thiazole rings is 1. The van der Waals surface area contributed by atoms with Crippen molar-refractivity contribution < 1.29 is 28.6 Å². The number of likely N-dealkylation sites (tertiary alicyclic amines) is 1. The van der Waals surface area contributed by atoms with E-state index in [2.05, 4.69) is 15.2 Å². The van der Waals surface area contributed by atoms with Crippen LogP contribution in [0.1, 0.15) is 29.5 Å². The highest BCUT2D eigenvalue weighted by molar-refractivity contribution is 7.11. The monoisotopic (exact) mass is 546 g/mol. The molecule has 194 valence electrons. The second-order valence-corrected chi connectivity index (χ2v) is 11.1. The highest BCUT2D eigenvalue weighted by Gasteiger charge is 2.68. The molecular weight excluding hydrogens is 523 g/mol. The number of carboxylic acids is 1. The fourth-order valence-corrected chi connectivity index (χ4v) is 7.26. The fraction of sp³-hybridized carbons (Fsp3) is 0.440. The second kappa shape index (κ2) is 9.16. The maximum atomic E-state index is 13.9. The number of rotatable bonds is 6. The Hall–Kier alpha value is -2.86. The fourth-order valence-electron chi connectivity index (χ4n) is 6.40. The predicted octanol–water partition coefficient (Wildman–Crippen LogP) is 3.02. The van der Waals surface area contributed by atoms with E-state index in [1.165, 1.54) is 36.6 Å². The first-order valence-electron chi connectivity index (χ1n) is 11.9. The first-order chi connectivity index (χ1) is 17.8. The number of ether oxygens (including phenoxy) is 2. The minimum absolute atomic E-state index is 0.0179. The largest absolute Gasteiger partial charge is 0.481 e. The minimum Gasteiger partial charge on any atom is -0.481 e. The van der Waals surface area contributed by atoms with Crippen LogP contribution >= 0.6 is 22.9 Å². The summed E-state index contributed by atoms with van der Waals surface area (Å²) in [6, 6.07) is 3.20. The lowest BCUT2D eigenvalue weighted by Crippen LogP contribution is -2.69. The molecule has 6 rings (SSSR count). The van der Waals surface area contributed by atoms with E-state index in [4.69, 9.17) is 26.1 Å². The van der Waals surface area contributed by atoms with Crippen LogP contribution in [-0.4, -0.2) is 71.7 Å². The Labute approximate surface area is 220 Å². The Balaban J connectivity index is 1.42. The normalized spacial score (nSPS) is 30.7. The smallest absolute Gasteiger partial charge is 0.338 e. The van der Waals surface area contributed by atoms with Gasteiger partial charge in [0.2, 0.25) is 0 Å². The summed E-state index contributed by atoms with van der Waals surface area (Å²) < 4.78 is 24.9. The number of aromatic nitrogens is 1. The zero-order valence-corrected chi connectivity index (χ0v) is 21.4. The number of benzene rings is 1. The zero-order chi connectivity index (χ0) is 25.9. The Bertz CT molecular complexity index is 1330. The molecule has 9 nitrogen and oxygen atoms in total. The molecule has 1 saturated carbocycles. The molecule has 3 fully saturated rings. The van der Waals surface area contributed by atoms with E-state index in [-0.39, 0.29) is 28.1 Å². The van der Waals surface area contributed by atoms with Gasteiger partial charge >= 0.3 is 11.9 Å². The topological polar surface area (TPSA) is 113 Å². The Kier molecular flexibility index (Phi) is 6.06. The number of carboxylic acid groups (broad SMARTS) is 1. The van der Waals surface area contributed by atoms with Crippen molar-refractivity contribution >= 4 is 40.7 Å². The third-order valence-electron chi connectivity index (χ3n) is 8.02. The number of esters is 1. The Morgan fingerprint density at radius 3 is 2.95 bits per heavy atom. The van der Waals surface area contributed by atoms with Gasteiger partial charge in [-0.1, -0.05) is 17.7 Å².